The molecule has 0 atom stereocenters. The summed E-state index contributed by atoms with van der Waals surface area (Å²) in [5, 5.41) is 1.12. The molecule has 0 aliphatic carbocycles. The Morgan fingerprint density at radius 1 is 1.17 bits per heavy atom. The van der Waals surface area contributed by atoms with Gasteiger partial charge in [-0.1, -0.05) is 35.1 Å². The van der Waals surface area contributed by atoms with Gasteiger partial charge in [-0.3, -0.25) is 14.3 Å². The standard InChI is InChI=1S/C25H27ClN6O3S/c1-30-6-8-31(9-7-30)10-11-35-21-14-19-18(13-20(21)34-2)28-15-32(19)25-29-22(23(36-25)24(27)33)16-4-3-5-17(26)12-16/h3-5,12-15H,6-11H2,1-2H3,(H2,27,33). The molecule has 36 heavy (non-hydrogen) atoms. The number of fused-ring (bicyclic) bond motifs is 1. The zero-order valence-corrected chi connectivity index (χ0v) is 21.7. The number of aromatic nitrogens is 3. The van der Waals surface area contributed by atoms with E-state index in [1.165, 1.54) is 11.3 Å². The summed E-state index contributed by atoms with van der Waals surface area (Å²) in [5.41, 5.74) is 8.40. The van der Waals surface area contributed by atoms with Crippen LogP contribution in [0.25, 0.3) is 27.4 Å². The lowest BCUT2D eigenvalue weighted by molar-refractivity contribution is 0.100. The number of hydrogen-bond donors (Lipinski definition) is 1. The third kappa shape index (κ3) is 5.03. The van der Waals surface area contributed by atoms with Crippen LogP contribution in [0, 0.1) is 0 Å². The Bertz CT molecular complexity index is 1400. The quantitative estimate of drug-likeness (QED) is 0.375. The first-order valence-electron chi connectivity index (χ1n) is 11.6. The molecule has 0 radical (unpaired) electrons. The molecule has 0 unspecified atom stereocenters. The van der Waals surface area contributed by atoms with Crippen LogP contribution in [0.3, 0.4) is 0 Å². The van der Waals surface area contributed by atoms with Crippen LogP contribution in [0.2, 0.25) is 5.02 Å². The van der Waals surface area contributed by atoms with E-state index in [0.29, 0.717) is 38.8 Å². The first-order chi connectivity index (χ1) is 17.4. The lowest BCUT2D eigenvalue weighted by Crippen LogP contribution is -2.45. The van der Waals surface area contributed by atoms with Crippen LogP contribution >= 0.6 is 22.9 Å². The zero-order chi connectivity index (χ0) is 25.2. The number of methoxy groups -OCH3 is 1. The van der Waals surface area contributed by atoms with E-state index in [1.54, 1.807) is 25.6 Å². The summed E-state index contributed by atoms with van der Waals surface area (Å²) in [6, 6.07) is 10.9. The van der Waals surface area contributed by atoms with Crippen LogP contribution in [-0.4, -0.2) is 83.7 Å². The highest BCUT2D eigenvalue weighted by atomic mass is 35.5. The predicted octanol–water partition coefficient (Wildman–Crippen LogP) is 3.54. The van der Waals surface area contributed by atoms with Gasteiger partial charge in [-0.15, -0.1) is 0 Å². The number of hydrogen-bond acceptors (Lipinski definition) is 8. The normalized spacial score (nSPS) is 14.9. The molecule has 9 nitrogen and oxygen atoms in total. The van der Waals surface area contributed by atoms with Crippen molar-refractivity contribution in [3.63, 3.8) is 0 Å². The number of nitrogens with zero attached hydrogens (tertiary/aromatic N) is 5. The van der Waals surface area contributed by atoms with Crippen molar-refractivity contribution >= 4 is 39.9 Å². The Kier molecular flexibility index (Phi) is 7.10. The van der Waals surface area contributed by atoms with E-state index >= 15 is 0 Å². The number of benzene rings is 2. The summed E-state index contributed by atoms with van der Waals surface area (Å²) in [6.07, 6.45) is 1.67. The summed E-state index contributed by atoms with van der Waals surface area (Å²) < 4.78 is 13.5. The second kappa shape index (κ2) is 10.4. The van der Waals surface area contributed by atoms with Gasteiger partial charge < -0.3 is 20.1 Å². The number of carbonyl (C=O) groups is 1. The minimum absolute atomic E-state index is 0.353. The van der Waals surface area contributed by atoms with E-state index in [2.05, 4.69) is 21.8 Å². The summed E-state index contributed by atoms with van der Waals surface area (Å²) >= 11 is 7.37. The molecule has 2 aromatic carbocycles. The van der Waals surface area contributed by atoms with Gasteiger partial charge in [-0.2, -0.15) is 0 Å². The molecule has 2 aromatic heterocycles. The Hall–Kier alpha value is -3.18. The molecule has 1 amide bonds. The van der Waals surface area contributed by atoms with Crippen molar-refractivity contribution in [3.8, 4) is 27.9 Å². The number of primary amides is 1. The van der Waals surface area contributed by atoms with E-state index in [9.17, 15) is 4.79 Å². The molecule has 1 fully saturated rings. The molecule has 5 rings (SSSR count). The molecule has 4 aromatic rings. The Labute approximate surface area is 218 Å². The number of thiazole rings is 1. The van der Waals surface area contributed by atoms with E-state index in [1.807, 2.05) is 28.8 Å². The number of rotatable bonds is 8. The molecule has 1 aliphatic rings. The fraction of sp³-hybridized carbons (Fsp3) is 0.320. The number of amides is 1. The average Bonchev–Trinajstić information content (AvgIpc) is 3.49. The van der Waals surface area contributed by atoms with E-state index in [0.717, 1.165) is 49.3 Å². The Morgan fingerprint density at radius 3 is 2.69 bits per heavy atom. The van der Waals surface area contributed by atoms with E-state index in [4.69, 9.17) is 31.8 Å². The van der Waals surface area contributed by atoms with Crippen molar-refractivity contribution in [2.24, 2.45) is 5.73 Å². The van der Waals surface area contributed by atoms with Gasteiger partial charge in [0.05, 0.1) is 23.8 Å². The number of carbonyl (C=O) groups excluding carboxylic acids is 1. The lowest BCUT2D eigenvalue weighted by atomic mass is 10.1. The van der Waals surface area contributed by atoms with Crippen molar-refractivity contribution in [1.29, 1.82) is 0 Å². The van der Waals surface area contributed by atoms with Crippen LogP contribution < -0.4 is 15.2 Å². The maximum absolute atomic E-state index is 12.2. The number of likely N-dealkylation sites (N-methyl/N-ethyl adjacent to an activating group) is 1. The monoisotopic (exact) mass is 526 g/mol. The Morgan fingerprint density at radius 2 is 1.97 bits per heavy atom. The fourth-order valence-corrected chi connectivity index (χ4v) is 5.32. The van der Waals surface area contributed by atoms with E-state index in [-0.39, 0.29) is 0 Å². The Balaban J connectivity index is 1.45. The summed E-state index contributed by atoms with van der Waals surface area (Å²) in [4.78, 5) is 26.6. The smallest absolute Gasteiger partial charge is 0.261 e. The topological polar surface area (TPSA) is 98.7 Å². The van der Waals surface area contributed by atoms with Gasteiger partial charge in [0.1, 0.15) is 17.8 Å². The summed E-state index contributed by atoms with van der Waals surface area (Å²) in [6.45, 7) is 5.57. The zero-order valence-electron chi connectivity index (χ0n) is 20.1. The summed E-state index contributed by atoms with van der Waals surface area (Å²) in [5.74, 6) is 0.693. The minimum atomic E-state index is -0.548. The second-order valence-electron chi connectivity index (χ2n) is 8.65. The number of halogens is 1. The highest BCUT2D eigenvalue weighted by molar-refractivity contribution is 7.16. The highest BCUT2D eigenvalue weighted by Crippen LogP contribution is 2.36. The first kappa shape index (κ1) is 24.5. The van der Waals surface area contributed by atoms with Crippen molar-refractivity contribution in [2.45, 2.75) is 0 Å². The first-order valence-corrected chi connectivity index (χ1v) is 12.8. The molecule has 1 aliphatic heterocycles. The lowest BCUT2D eigenvalue weighted by Gasteiger charge is -2.32. The third-order valence-corrected chi connectivity index (χ3v) is 7.54. The number of piperazine rings is 1. The molecule has 0 saturated carbocycles. The number of nitrogens with two attached hydrogens (primary N) is 1. The van der Waals surface area contributed by atoms with Gasteiger partial charge in [0.2, 0.25) is 0 Å². The number of ether oxygens (including phenoxy) is 2. The maximum atomic E-state index is 12.2. The van der Waals surface area contributed by atoms with Crippen LogP contribution in [0.1, 0.15) is 9.67 Å². The van der Waals surface area contributed by atoms with Crippen molar-refractivity contribution in [1.82, 2.24) is 24.3 Å². The molecule has 0 spiro atoms. The average molecular weight is 527 g/mol. The van der Waals surface area contributed by atoms with Gasteiger partial charge in [-0.05, 0) is 19.2 Å². The van der Waals surface area contributed by atoms with Crippen LogP contribution in [0.4, 0.5) is 0 Å². The highest BCUT2D eigenvalue weighted by Gasteiger charge is 2.21. The predicted molar refractivity (Wildman–Crippen MR) is 142 cm³/mol. The van der Waals surface area contributed by atoms with Gasteiger partial charge in [0.15, 0.2) is 16.6 Å². The van der Waals surface area contributed by atoms with Crippen molar-refractivity contribution in [3.05, 3.63) is 52.6 Å². The molecule has 1 saturated heterocycles. The molecule has 0 bridgehead atoms. The maximum Gasteiger partial charge on any atom is 0.261 e. The molecular weight excluding hydrogens is 500 g/mol. The van der Waals surface area contributed by atoms with Crippen LogP contribution in [0.5, 0.6) is 11.5 Å². The van der Waals surface area contributed by atoms with Gasteiger partial charge >= 0.3 is 0 Å². The van der Waals surface area contributed by atoms with Crippen LogP contribution in [0.15, 0.2) is 42.7 Å². The van der Waals surface area contributed by atoms with Gasteiger partial charge in [0, 0.05) is 55.4 Å². The van der Waals surface area contributed by atoms with Crippen molar-refractivity contribution in [2.75, 3.05) is 53.5 Å². The third-order valence-electron chi connectivity index (χ3n) is 6.24. The molecule has 3 heterocycles. The fourth-order valence-electron chi connectivity index (χ4n) is 4.21. The molecule has 188 valence electrons. The summed E-state index contributed by atoms with van der Waals surface area (Å²) in [7, 11) is 3.76. The van der Waals surface area contributed by atoms with E-state index < -0.39 is 5.91 Å². The minimum Gasteiger partial charge on any atom is -0.493 e. The van der Waals surface area contributed by atoms with Gasteiger partial charge in [-0.25, -0.2) is 9.97 Å². The van der Waals surface area contributed by atoms with Gasteiger partial charge in [0.25, 0.3) is 5.91 Å². The second-order valence-corrected chi connectivity index (χ2v) is 10.1. The largest absolute Gasteiger partial charge is 0.493 e. The molecule has 2 N–H and O–H groups in total. The number of imidazole rings is 1. The molecular formula is C25H27ClN6O3S. The van der Waals surface area contributed by atoms with Crippen LogP contribution in [-0.2, 0) is 0 Å². The SMILES string of the molecule is COc1cc2ncn(-c3nc(-c4cccc(Cl)c4)c(C(N)=O)s3)c2cc1OCCN1CCN(C)CC1. The molecule has 11 heteroatoms. The van der Waals surface area contributed by atoms with Crippen molar-refractivity contribution < 1.29 is 14.3 Å².